The maximum atomic E-state index is 13.3. The van der Waals surface area contributed by atoms with Crippen LogP contribution >= 0.6 is 23.4 Å². The first-order valence-electron chi connectivity index (χ1n) is 10.1. The van der Waals surface area contributed by atoms with Gasteiger partial charge < -0.3 is 4.84 Å². The lowest BCUT2D eigenvalue weighted by atomic mass is 10.0. The van der Waals surface area contributed by atoms with Crippen molar-refractivity contribution in [2.24, 2.45) is 5.16 Å². The number of hydrogen-bond donors (Lipinski definition) is 0. The van der Waals surface area contributed by atoms with Crippen LogP contribution in [-0.4, -0.2) is 17.5 Å². The summed E-state index contributed by atoms with van der Waals surface area (Å²) >= 11 is 7.47. The zero-order valence-electron chi connectivity index (χ0n) is 17.4. The highest BCUT2D eigenvalue weighted by Crippen LogP contribution is 2.27. The van der Waals surface area contributed by atoms with Crippen LogP contribution in [0.15, 0.2) is 124 Å². The first-order valence-corrected chi connectivity index (χ1v) is 11.3. The molecule has 4 nitrogen and oxygen atoms in total. The Labute approximate surface area is 200 Å². The minimum Gasteiger partial charge on any atom is -0.312 e. The molecule has 0 aliphatic carbocycles. The molecule has 0 atom stereocenters. The average Bonchev–Trinajstić information content (AvgIpc) is 2.86. The molecule has 0 radical (unpaired) electrons. The van der Waals surface area contributed by atoms with Crippen LogP contribution < -0.4 is 0 Å². The molecule has 0 saturated carbocycles. The summed E-state index contributed by atoms with van der Waals surface area (Å²) in [5, 5.41) is 4.44. The van der Waals surface area contributed by atoms with E-state index >= 15 is 0 Å². The second-order valence-electron chi connectivity index (χ2n) is 6.96. The molecule has 0 aromatic heterocycles. The van der Waals surface area contributed by atoms with E-state index in [1.807, 2.05) is 48.5 Å². The monoisotopic (exact) mass is 471 g/mol. The van der Waals surface area contributed by atoms with Gasteiger partial charge in [-0.25, -0.2) is 4.79 Å². The number of carbonyl (C=O) groups excluding carboxylic acids is 2. The standard InChI is InChI=1S/C27H18ClNO3S/c28-22-15-11-21(12-16-22)27(31)32-29-25(19-7-3-1-4-8-19)26(30)20-13-17-24(18-14-20)33-23-9-5-2-6-10-23/h1-18H. The molecule has 0 heterocycles. The van der Waals surface area contributed by atoms with Gasteiger partial charge in [-0.2, -0.15) is 0 Å². The first kappa shape index (κ1) is 22.5. The van der Waals surface area contributed by atoms with Gasteiger partial charge in [0, 0.05) is 25.9 Å². The minimum absolute atomic E-state index is 0.0429. The molecule has 0 amide bonds. The smallest absolute Gasteiger partial charge is 0.312 e. The molecule has 4 aromatic carbocycles. The van der Waals surface area contributed by atoms with E-state index in [9.17, 15) is 9.59 Å². The van der Waals surface area contributed by atoms with Crippen LogP contribution in [0.25, 0.3) is 0 Å². The summed E-state index contributed by atoms with van der Waals surface area (Å²) in [6, 6.07) is 32.4. The zero-order valence-corrected chi connectivity index (χ0v) is 18.9. The molecule has 0 fully saturated rings. The van der Waals surface area contributed by atoms with Gasteiger partial charge in [-0.05, 0) is 60.7 Å². The number of oxime groups is 1. The highest BCUT2D eigenvalue weighted by molar-refractivity contribution is 7.99. The third-order valence-electron chi connectivity index (χ3n) is 4.66. The number of hydrogen-bond acceptors (Lipinski definition) is 5. The Kier molecular flexibility index (Phi) is 7.35. The van der Waals surface area contributed by atoms with Crippen LogP contribution in [0.1, 0.15) is 26.3 Å². The van der Waals surface area contributed by atoms with E-state index in [2.05, 4.69) is 5.16 Å². The summed E-state index contributed by atoms with van der Waals surface area (Å²) in [6.45, 7) is 0. The maximum absolute atomic E-state index is 13.3. The van der Waals surface area contributed by atoms with Gasteiger partial charge in [-0.15, -0.1) is 0 Å². The summed E-state index contributed by atoms with van der Waals surface area (Å²) in [4.78, 5) is 32.9. The summed E-state index contributed by atoms with van der Waals surface area (Å²) in [5.74, 6) is -1.02. The molecule has 4 rings (SSSR count). The Morgan fingerprint density at radius 1 is 0.636 bits per heavy atom. The molecule has 6 heteroatoms. The largest absolute Gasteiger partial charge is 0.365 e. The third kappa shape index (κ3) is 5.98. The summed E-state index contributed by atoms with van der Waals surface area (Å²) in [6.07, 6.45) is 0. The molecule has 0 aliphatic heterocycles. The van der Waals surface area contributed by atoms with E-state index in [4.69, 9.17) is 16.4 Å². The van der Waals surface area contributed by atoms with Crippen LogP contribution in [-0.2, 0) is 4.84 Å². The van der Waals surface area contributed by atoms with Crippen molar-refractivity contribution in [3.8, 4) is 0 Å². The number of nitrogens with zero attached hydrogens (tertiary/aromatic N) is 1. The number of carbonyl (C=O) groups is 2. The summed E-state index contributed by atoms with van der Waals surface area (Å²) < 4.78 is 0. The van der Waals surface area contributed by atoms with E-state index in [0.717, 1.165) is 9.79 Å². The topological polar surface area (TPSA) is 55.7 Å². The van der Waals surface area contributed by atoms with Gasteiger partial charge >= 0.3 is 5.97 Å². The lowest BCUT2D eigenvalue weighted by Crippen LogP contribution is -2.17. The van der Waals surface area contributed by atoms with Crippen molar-refractivity contribution in [2.45, 2.75) is 9.79 Å². The predicted molar refractivity (Wildman–Crippen MR) is 131 cm³/mol. The zero-order chi connectivity index (χ0) is 23.0. The van der Waals surface area contributed by atoms with Gasteiger partial charge in [0.2, 0.25) is 5.78 Å². The third-order valence-corrected chi connectivity index (χ3v) is 5.93. The molecule has 0 aliphatic rings. The molecule has 0 bridgehead atoms. The quantitative estimate of drug-likeness (QED) is 0.127. The van der Waals surface area contributed by atoms with Crippen molar-refractivity contribution in [1.82, 2.24) is 0 Å². The van der Waals surface area contributed by atoms with Crippen LogP contribution in [0.2, 0.25) is 5.02 Å². The van der Waals surface area contributed by atoms with Gasteiger partial charge in [0.15, 0.2) is 5.71 Å². The Hall–Kier alpha value is -3.67. The van der Waals surface area contributed by atoms with Crippen LogP contribution in [0.3, 0.4) is 0 Å². The fourth-order valence-electron chi connectivity index (χ4n) is 2.98. The van der Waals surface area contributed by atoms with Gasteiger partial charge in [0.05, 0.1) is 5.56 Å². The Balaban J connectivity index is 1.56. The maximum Gasteiger partial charge on any atom is 0.365 e. The number of benzene rings is 4. The molecule has 4 aromatic rings. The molecule has 33 heavy (non-hydrogen) atoms. The fraction of sp³-hybridized carbons (Fsp3) is 0. The Morgan fingerprint density at radius 3 is 1.82 bits per heavy atom. The van der Waals surface area contributed by atoms with Crippen molar-refractivity contribution in [3.05, 3.63) is 131 Å². The first-order chi connectivity index (χ1) is 16.1. The van der Waals surface area contributed by atoms with Crippen molar-refractivity contribution in [1.29, 1.82) is 0 Å². The van der Waals surface area contributed by atoms with E-state index < -0.39 is 5.97 Å². The van der Waals surface area contributed by atoms with Crippen LogP contribution in [0, 0.1) is 0 Å². The lowest BCUT2D eigenvalue weighted by Gasteiger charge is -2.07. The summed E-state index contributed by atoms with van der Waals surface area (Å²) in [7, 11) is 0. The Morgan fingerprint density at radius 2 is 1.18 bits per heavy atom. The summed E-state index contributed by atoms with van der Waals surface area (Å²) in [5.41, 5.74) is 1.32. The molecular weight excluding hydrogens is 454 g/mol. The Bertz CT molecular complexity index is 1270. The van der Waals surface area contributed by atoms with E-state index in [0.29, 0.717) is 16.1 Å². The van der Waals surface area contributed by atoms with Crippen LogP contribution in [0.5, 0.6) is 0 Å². The minimum atomic E-state index is -0.678. The van der Waals surface area contributed by atoms with Gasteiger partial charge in [0.25, 0.3) is 0 Å². The normalized spacial score (nSPS) is 11.1. The van der Waals surface area contributed by atoms with Crippen molar-refractivity contribution in [2.75, 3.05) is 0 Å². The van der Waals surface area contributed by atoms with E-state index in [1.165, 1.54) is 12.1 Å². The SMILES string of the molecule is O=C(ON=C(C(=O)c1ccc(Sc2ccccc2)cc1)c1ccccc1)c1ccc(Cl)cc1. The van der Waals surface area contributed by atoms with Crippen molar-refractivity contribution < 1.29 is 14.4 Å². The molecule has 0 spiro atoms. The highest BCUT2D eigenvalue weighted by Gasteiger charge is 2.19. The number of rotatable bonds is 7. The molecule has 0 unspecified atom stereocenters. The van der Waals surface area contributed by atoms with Crippen LogP contribution in [0.4, 0.5) is 0 Å². The number of Topliss-reactive ketones (excluding diaryl/α,β-unsaturated/α-hetero) is 1. The molecule has 0 saturated heterocycles. The molecule has 162 valence electrons. The van der Waals surface area contributed by atoms with E-state index in [-0.39, 0.29) is 17.1 Å². The predicted octanol–water partition coefficient (Wildman–Crippen LogP) is 6.94. The lowest BCUT2D eigenvalue weighted by molar-refractivity contribution is 0.0516. The van der Waals surface area contributed by atoms with Gasteiger partial charge in [-0.1, -0.05) is 77.0 Å². The number of ketones is 1. The van der Waals surface area contributed by atoms with Crippen molar-refractivity contribution >= 4 is 40.8 Å². The fourth-order valence-corrected chi connectivity index (χ4v) is 3.95. The van der Waals surface area contributed by atoms with Crippen molar-refractivity contribution in [3.63, 3.8) is 0 Å². The second kappa shape index (κ2) is 10.8. The molecular formula is C27H18ClNO3S. The average molecular weight is 472 g/mol. The molecule has 0 N–H and O–H groups in total. The second-order valence-corrected chi connectivity index (χ2v) is 8.54. The highest BCUT2D eigenvalue weighted by atomic mass is 35.5. The van der Waals surface area contributed by atoms with E-state index in [1.54, 1.807) is 60.3 Å². The number of halogens is 1. The van der Waals surface area contributed by atoms with Gasteiger partial charge in [0.1, 0.15) is 0 Å². The van der Waals surface area contributed by atoms with Gasteiger partial charge in [-0.3, -0.25) is 4.79 Å².